The van der Waals surface area contributed by atoms with Gasteiger partial charge in [0, 0.05) is 16.6 Å². The van der Waals surface area contributed by atoms with E-state index in [2.05, 4.69) is 22.6 Å². The minimum absolute atomic E-state index is 0.847. The number of aromatic amines is 1. The monoisotopic (exact) mass is 214 g/mol. The summed E-state index contributed by atoms with van der Waals surface area (Å²) in [6, 6.07) is 7.96. The number of nitrogens with one attached hydrogen (secondary N) is 1. The number of H-pyrrole nitrogens is 1. The number of thiophene rings is 1. The van der Waals surface area contributed by atoms with E-state index in [1.807, 2.05) is 24.4 Å². The van der Waals surface area contributed by atoms with Crippen LogP contribution in [0.2, 0.25) is 0 Å². The Morgan fingerprint density at radius 1 is 1.27 bits per heavy atom. The highest BCUT2D eigenvalue weighted by atomic mass is 32.1. The normalized spacial score (nSPS) is 10.7. The largest absolute Gasteiger partial charge is 0.464 e. The third kappa shape index (κ3) is 1.41. The standard InChI is InChI=1S/C12H8NOS/c1-3-11(14-5-1)9-7-13-8-10(9)12-4-2-6-15-12/h1-6,8,13H. The van der Waals surface area contributed by atoms with E-state index >= 15 is 0 Å². The number of aromatic nitrogens is 1. The lowest BCUT2D eigenvalue weighted by atomic mass is 10.1. The van der Waals surface area contributed by atoms with Crippen molar-refractivity contribution in [3.63, 3.8) is 0 Å². The van der Waals surface area contributed by atoms with Crippen LogP contribution in [0.15, 0.2) is 46.5 Å². The Morgan fingerprint density at radius 3 is 3.00 bits per heavy atom. The molecule has 0 fully saturated rings. The van der Waals surface area contributed by atoms with Crippen LogP contribution >= 0.6 is 11.3 Å². The topological polar surface area (TPSA) is 28.9 Å². The summed E-state index contributed by atoms with van der Waals surface area (Å²) >= 11 is 1.71. The van der Waals surface area contributed by atoms with Crippen molar-refractivity contribution in [1.82, 2.24) is 4.98 Å². The molecule has 1 N–H and O–H groups in total. The Kier molecular flexibility index (Phi) is 1.96. The minimum Gasteiger partial charge on any atom is -0.464 e. The molecule has 0 aromatic carbocycles. The van der Waals surface area contributed by atoms with Crippen LogP contribution in [0, 0.1) is 6.20 Å². The molecule has 0 saturated heterocycles. The van der Waals surface area contributed by atoms with Gasteiger partial charge in [-0.1, -0.05) is 6.07 Å². The number of hydrogen-bond donors (Lipinski definition) is 1. The van der Waals surface area contributed by atoms with Crippen molar-refractivity contribution in [2.75, 3.05) is 0 Å². The smallest absolute Gasteiger partial charge is 0.136 e. The summed E-state index contributed by atoms with van der Waals surface area (Å²) in [5, 5.41) is 2.06. The highest BCUT2D eigenvalue weighted by molar-refractivity contribution is 7.13. The van der Waals surface area contributed by atoms with E-state index in [4.69, 9.17) is 4.42 Å². The average molecular weight is 214 g/mol. The molecule has 0 amide bonds. The van der Waals surface area contributed by atoms with E-state index < -0.39 is 0 Å². The van der Waals surface area contributed by atoms with Gasteiger partial charge in [-0.25, -0.2) is 0 Å². The summed E-state index contributed by atoms with van der Waals surface area (Å²) in [4.78, 5) is 4.22. The van der Waals surface area contributed by atoms with E-state index in [-0.39, 0.29) is 0 Å². The van der Waals surface area contributed by atoms with Gasteiger partial charge in [0.15, 0.2) is 0 Å². The predicted molar refractivity (Wildman–Crippen MR) is 60.6 cm³/mol. The molecule has 73 valence electrons. The molecule has 1 radical (unpaired) electrons. The van der Waals surface area contributed by atoms with Crippen LogP contribution in [0.1, 0.15) is 0 Å². The van der Waals surface area contributed by atoms with E-state index in [1.165, 1.54) is 4.88 Å². The van der Waals surface area contributed by atoms with Crippen LogP contribution in [-0.2, 0) is 0 Å². The molecule has 0 aliphatic carbocycles. The molecule has 2 nitrogen and oxygen atoms in total. The van der Waals surface area contributed by atoms with Crippen LogP contribution in [0.5, 0.6) is 0 Å². The molecule has 0 atom stereocenters. The van der Waals surface area contributed by atoms with Gasteiger partial charge in [-0.15, -0.1) is 11.3 Å². The van der Waals surface area contributed by atoms with Crippen molar-refractivity contribution in [2.45, 2.75) is 0 Å². The third-order valence-corrected chi connectivity index (χ3v) is 3.14. The van der Waals surface area contributed by atoms with Crippen molar-refractivity contribution in [3.05, 3.63) is 48.3 Å². The maximum absolute atomic E-state index is 5.37. The molecular weight excluding hydrogens is 206 g/mol. The Bertz CT molecular complexity index is 485. The average Bonchev–Trinajstić information content (AvgIpc) is 3.01. The van der Waals surface area contributed by atoms with Gasteiger partial charge < -0.3 is 9.40 Å². The molecule has 3 heteroatoms. The fourth-order valence-electron chi connectivity index (χ4n) is 1.56. The Labute approximate surface area is 91.2 Å². The molecule has 15 heavy (non-hydrogen) atoms. The lowest BCUT2D eigenvalue weighted by Crippen LogP contribution is -1.72. The second-order valence-corrected chi connectivity index (χ2v) is 4.10. The van der Waals surface area contributed by atoms with Gasteiger partial charge in [0.2, 0.25) is 0 Å². The summed E-state index contributed by atoms with van der Waals surface area (Å²) in [7, 11) is 0. The van der Waals surface area contributed by atoms with Crippen LogP contribution < -0.4 is 0 Å². The van der Waals surface area contributed by atoms with Gasteiger partial charge in [0.1, 0.15) is 5.76 Å². The van der Waals surface area contributed by atoms with Crippen molar-refractivity contribution < 1.29 is 4.42 Å². The Morgan fingerprint density at radius 2 is 2.27 bits per heavy atom. The van der Waals surface area contributed by atoms with Crippen LogP contribution in [-0.4, -0.2) is 4.98 Å². The molecule has 3 rings (SSSR count). The molecule has 3 aromatic rings. The first-order chi connectivity index (χ1) is 7.45. The van der Waals surface area contributed by atoms with E-state index in [0.29, 0.717) is 0 Å². The first-order valence-corrected chi connectivity index (χ1v) is 5.50. The zero-order valence-electron chi connectivity index (χ0n) is 7.86. The second-order valence-electron chi connectivity index (χ2n) is 3.16. The quantitative estimate of drug-likeness (QED) is 0.690. The van der Waals surface area contributed by atoms with Gasteiger partial charge in [0.05, 0.1) is 18.0 Å². The van der Waals surface area contributed by atoms with Crippen molar-refractivity contribution in [1.29, 1.82) is 0 Å². The van der Waals surface area contributed by atoms with Crippen molar-refractivity contribution >= 4 is 11.3 Å². The molecule has 3 aromatic heterocycles. The summed E-state index contributed by atoms with van der Waals surface area (Å²) in [5.74, 6) is 0.847. The first kappa shape index (κ1) is 8.56. The van der Waals surface area contributed by atoms with Crippen molar-refractivity contribution in [3.8, 4) is 21.8 Å². The fourth-order valence-corrected chi connectivity index (χ4v) is 2.31. The molecule has 0 unspecified atom stereocenters. The SMILES string of the molecule is [c]1[nH]cc(-c2cccs2)c1-c1ccco1. The highest BCUT2D eigenvalue weighted by Gasteiger charge is 2.11. The third-order valence-electron chi connectivity index (χ3n) is 2.24. The van der Waals surface area contributed by atoms with Gasteiger partial charge in [-0.3, -0.25) is 0 Å². The maximum atomic E-state index is 5.37. The molecule has 0 bridgehead atoms. The van der Waals surface area contributed by atoms with Crippen LogP contribution in [0.3, 0.4) is 0 Å². The van der Waals surface area contributed by atoms with Crippen LogP contribution in [0.25, 0.3) is 21.8 Å². The zero-order chi connectivity index (χ0) is 10.1. The number of hydrogen-bond acceptors (Lipinski definition) is 2. The van der Waals surface area contributed by atoms with Gasteiger partial charge in [0.25, 0.3) is 0 Å². The Balaban J connectivity index is 2.15. The molecule has 0 spiro atoms. The van der Waals surface area contributed by atoms with E-state index in [1.54, 1.807) is 17.6 Å². The molecule has 3 heterocycles. The zero-order valence-corrected chi connectivity index (χ0v) is 8.67. The van der Waals surface area contributed by atoms with Crippen LogP contribution in [0.4, 0.5) is 0 Å². The lowest BCUT2D eigenvalue weighted by molar-refractivity contribution is 0.582. The second kappa shape index (κ2) is 3.44. The van der Waals surface area contributed by atoms with Gasteiger partial charge >= 0.3 is 0 Å². The molecule has 0 aliphatic heterocycles. The Hall–Kier alpha value is -1.74. The lowest BCUT2D eigenvalue weighted by Gasteiger charge is -1.96. The summed E-state index contributed by atoms with van der Waals surface area (Å²) in [6.07, 6.45) is 6.71. The summed E-state index contributed by atoms with van der Waals surface area (Å²) in [6.45, 7) is 0. The number of furan rings is 1. The summed E-state index contributed by atoms with van der Waals surface area (Å²) < 4.78 is 5.37. The van der Waals surface area contributed by atoms with Gasteiger partial charge in [-0.05, 0) is 23.6 Å². The highest BCUT2D eigenvalue weighted by Crippen LogP contribution is 2.34. The van der Waals surface area contributed by atoms with Gasteiger partial charge in [-0.2, -0.15) is 0 Å². The molecule has 0 saturated carbocycles. The van der Waals surface area contributed by atoms with E-state index in [9.17, 15) is 0 Å². The minimum atomic E-state index is 0.847. The van der Waals surface area contributed by atoms with Crippen molar-refractivity contribution in [2.24, 2.45) is 0 Å². The fraction of sp³-hybridized carbons (Fsp3) is 0. The predicted octanol–water partition coefficient (Wildman–Crippen LogP) is 3.80. The molecular formula is C12H8NOS. The maximum Gasteiger partial charge on any atom is 0.136 e. The molecule has 0 aliphatic rings. The first-order valence-electron chi connectivity index (χ1n) is 4.62. The number of rotatable bonds is 2. The summed E-state index contributed by atoms with van der Waals surface area (Å²) in [5.41, 5.74) is 2.13. The van der Waals surface area contributed by atoms with E-state index in [0.717, 1.165) is 16.9 Å².